The molecule has 0 spiro atoms. The highest BCUT2D eigenvalue weighted by Crippen LogP contribution is 2.10. The first-order chi connectivity index (χ1) is 5.33. The van der Waals surface area contributed by atoms with E-state index in [9.17, 15) is 4.79 Å². The van der Waals surface area contributed by atoms with Gasteiger partial charge in [-0.25, -0.2) is 0 Å². The van der Waals surface area contributed by atoms with Gasteiger partial charge in [-0.3, -0.25) is 4.79 Å². The van der Waals surface area contributed by atoms with Crippen LogP contribution in [0.4, 0.5) is 5.69 Å². The van der Waals surface area contributed by atoms with E-state index in [2.05, 4.69) is 11.4 Å². The van der Waals surface area contributed by atoms with Gasteiger partial charge in [0.2, 0.25) is 5.91 Å². The van der Waals surface area contributed by atoms with E-state index < -0.39 is 0 Å². The van der Waals surface area contributed by atoms with Crippen molar-refractivity contribution in [1.29, 1.82) is 0 Å². The molecule has 0 fully saturated rings. The van der Waals surface area contributed by atoms with Crippen molar-refractivity contribution in [3.8, 4) is 0 Å². The van der Waals surface area contributed by atoms with Gasteiger partial charge in [0.15, 0.2) is 0 Å². The Hall–Kier alpha value is -0.830. The lowest BCUT2D eigenvalue weighted by Gasteiger charge is -1.98. The van der Waals surface area contributed by atoms with Crippen LogP contribution in [-0.2, 0) is 4.79 Å². The standard InChI is InChI=1S/C8H10NOS/c1-2-3-8(10)9-7-4-5-11-6-7/h5-6H,2-3H2,1H3,(H,9,10). The van der Waals surface area contributed by atoms with E-state index in [1.807, 2.05) is 17.7 Å². The predicted octanol–water partition coefficient (Wildman–Crippen LogP) is 2.29. The van der Waals surface area contributed by atoms with Crippen LogP contribution in [0.25, 0.3) is 0 Å². The number of hydrogen-bond donors (Lipinski definition) is 1. The summed E-state index contributed by atoms with van der Waals surface area (Å²) < 4.78 is 0. The van der Waals surface area contributed by atoms with Crippen LogP contribution in [0.1, 0.15) is 19.8 Å². The summed E-state index contributed by atoms with van der Waals surface area (Å²) in [6.07, 6.45) is 1.47. The Morgan fingerprint density at radius 3 is 3.18 bits per heavy atom. The summed E-state index contributed by atoms with van der Waals surface area (Å²) in [7, 11) is 0. The number of rotatable bonds is 3. The van der Waals surface area contributed by atoms with E-state index >= 15 is 0 Å². The van der Waals surface area contributed by atoms with Crippen LogP contribution in [0, 0.1) is 6.07 Å². The van der Waals surface area contributed by atoms with E-state index in [0.29, 0.717) is 6.42 Å². The molecule has 0 aliphatic carbocycles. The molecule has 0 aliphatic heterocycles. The smallest absolute Gasteiger partial charge is 0.224 e. The molecule has 1 radical (unpaired) electrons. The molecule has 0 bridgehead atoms. The molecule has 1 aromatic rings. The number of carbonyl (C=O) groups excluding carboxylic acids is 1. The minimum Gasteiger partial charge on any atom is -0.325 e. The van der Waals surface area contributed by atoms with Gasteiger partial charge in [-0.05, 0) is 6.42 Å². The van der Waals surface area contributed by atoms with Crippen LogP contribution < -0.4 is 5.32 Å². The summed E-state index contributed by atoms with van der Waals surface area (Å²) in [6.45, 7) is 1.98. The number of amides is 1. The molecule has 11 heavy (non-hydrogen) atoms. The third-order valence-corrected chi connectivity index (χ3v) is 1.85. The van der Waals surface area contributed by atoms with Gasteiger partial charge in [0, 0.05) is 23.2 Å². The largest absolute Gasteiger partial charge is 0.325 e. The molecular formula is C8H10NOS. The van der Waals surface area contributed by atoms with Crippen molar-refractivity contribution in [2.45, 2.75) is 19.8 Å². The van der Waals surface area contributed by atoms with E-state index in [1.54, 1.807) is 0 Å². The second-order valence-electron chi connectivity index (χ2n) is 2.23. The molecule has 0 aromatic carbocycles. The van der Waals surface area contributed by atoms with Crippen molar-refractivity contribution in [2.24, 2.45) is 0 Å². The van der Waals surface area contributed by atoms with E-state index in [0.717, 1.165) is 12.1 Å². The lowest BCUT2D eigenvalue weighted by Crippen LogP contribution is -2.09. The number of thiophene rings is 1. The molecule has 2 nitrogen and oxygen atoms in total. The summed E-state index contributed by atoms with van der Waals surface area (Å²) in [4.78, 5) is 11.0. The number of hydrogen-bond acceptors (Lipinski definition) is 2. The summed E-state index contributed by atoms with van der Waals surface area (Å²) in [5.74, 6) is 0.0714. The Morgan fingerprint density at radius 2 is 2.64 bits per heavy atom. The fraction of sp³-hybridized carbons (Fsp3) is 0.375. The first-order valence-corrected chi connectivity index (χ1v) is 4.51. The fourth-order valence-electron chi connectivity index (χ4n) is 0.739. The van der Waals surface area contributed by atoms with Crippen LogP contribution in [0.15, 0.2) is 10.8 Å². The van der Waals surface area contributed by atoms with Gasteiger partial charge >= 0.3 is 0 Å². The van der Waals surface area contributed by atoms with Gasteiger partial charge in [0.25, 0.3) is 0 Å². The highest BCUT2D eigenvalue weighted by molar-refractivity contribution is 7.08. The lowest BCUT2D eigenvalue weighted by atomic mass is 10.3. The van der Waals surface area contributed by atoms with E-state index in [-0.39, 0.29) is 5.91 Å². The maximum Gasteiger partial charge on any atom is 0.224 e. The highest BCUT2D eigenvalue weighted by Gasteiger charge is 1.99. The average Bonchev–Trinajstić information content (AvgIpc) is 2.40. The Morgan fingerprint density at radius 1 is 1.82 bits per heavy atom. The predicted molar refractivity (Wildman–Crippen MR) is 46.7 cm³/mol. The van der Waals surface area contributed by atoms with Crippen LogP contribution in [0.2, 0.25) is 0 Å². The minimum absolute atomic E-state index is 0.0714. The Labute approximate surface area is 70.2 Å². The molecule has 59 valence electrons. The van der Waals surface area contributed by atoms with Crippen LogP contribution in [0.3, 0.4) is 0 Å². The molecule has 1 N–H and O–H groups in total. The molecule has 0 unspecified atom stereocenters. The first-order valence-electron chi connectivity index (χ1n) is 3.56. The molecule has 1 heterocycles. The summed E-state index contributed by atoms with van der Waals surface area (Å²) >= 11 is 1.53. The van der Waals surface area contributed by atoms with Crippen molar-refractivity contribution in [3.05, 3.63) is 16.8 Å². The number of carbonyl (C=O) groups is 1. The number of anilines is 1. The zero-order chi connectivity index (χ0) is 8.10. The summed E-state index contributed by atoms with van der Waals surface area (Å²) in [5.41, 5.74) is 0.786. The monoisotopic (exact) mass is 168 g/mol. The van der Waals surface area contributed by atoms with E-state index in [1.165, 1.54) is 11.3 Å². The maximum absolute atomic E-state index is 11.0. The molecular weight excluding hydrogens is 158 g/mol. The van der Waals surface area contributed by atoms with Gasteiger partial charge in [0.1, 0.15) is 0 Å². The normalized spacial score (nSPS) is 9.55. The fourth-order valence-corrected chi connectivity index (χ4v) is 1.26. The quantitative estimate of drug-likeness (QED) is 0.737. The topological polar surface area (TPSA) is 29.1 Å². The lowest BCUT2D eigenvalue weighted by molar-refractivity contribution is -0.116. The zero-order valence-corrected chi connectivity index (χ0v) is 7.20. The van der Waals surface area contributed by atoms with Crippen molar-refractivity contribution in [3.63, 3.8) is 0 Å². The Kier molecular flexibility index (Phi) is 3.11. The third kappa shape index (κ3) is 2.72. The van der Waals surface area contributed by atoms with Gasteiger partial charge in [0.05, 0.1) is 5.69 Å². The zero-order valence-electron chi connectivity index (χ0n) is 6.39. The number of nitrogens with one attached hydrogen (secondary N) is 1. The third-order valence-electron chi connectivity index (χ3n) is 1.22. The molecule has 0 saturated carbocycles. The van der Waals surface area contributed by atoms with E-state index in [4.69, 9.17) is 0 Å². The molecule has 1 rings (SSSR count). The van der Waals surface area contributed by atoms with Gasteiger partial charge in [-0.2, -0.15) is 0 Å². The maximum atomic E-state index is 11.0. The Bertz CT molecular complexity index is 218. The molecule has 1 amide bonds. The Balaban J connectivity index is 2.37. The molecule has 0 aliphatic rings. The molecule has 3 heteroatoms. The van der Waals surface area contributed by atoms with Gasteiger partial charge in [-0.15, -0.1) is 11.3 Å². The first kappa shape index (κ1) is 8.27. The van der Waals surface area contributed by atoms with Crippen molar-refractivity contribution < 1.29 is 4.79 Å². The summed E-state index contributed by atoms with van der Waals surface area (Å²) in [5, 5.41) is 6.43. The molecule has 0 atom stereocenters. The summed E-state index contributed by atoms with van der Waals surface area (Å²) in [6, 6.07) is 2.91. The molecule has 0 saturated heterocycles. The van der Waals surface area contributed by atoms with Crippen molar-refractivity contribution >= 4 is 22.9 Å². The average molecular weight is 168 g/mol. The van der Waals surface area contributed by atoms with Crippen molar-refractivity contribution in [1.82, 2.24) is 0 Å². The molecule has 1 aromatic heterocycles. The van der Waals surface area contributed by atoms with Crippen molar-refractivity contribution in [2.75, 3.05) is 5.32 Å². The van der Waals surface area contributed by atoms with Gasteiger partial charge < -0.3 is 5.32 Å². The van der Waals surface area contributed by atoms with Gasteiger partial charge in [-0.1, -0.05) is 6.92 Å². The highest BCUT2D eigenvalue weighted by atomic mass is 32.1. The SMILES string of the molecule is CCCC(=O)Nc1[c]csc1. The van der Waals surface area contributed by atoms with Crippen LogP contribution in [-0.4, -0.2) is 5.91 Å². The van der Waals surface area contributed by atoms with Crippen LogP contribution in [0.5, 0.6) is 0 Å². The van der Waals surface area contributed by atoms with Crippen LogP contribution >= 0.6 is 11.3 Å². The second-order valence-corrected chi connectivity index (χ2v) is 2.97. The second kappa shape index (κ2) is 4.13. The minimum atomic E-state index is 0.0714.